The van der Waals surface area contributed by atoms with Crippen LogP contribution in [-0.4, -0.2) is 17.6 Å². The van der Waals surface area contributed by atoms with Crippen molar-refractivity contribution in [2.24, 2.45) is 0 Å². The second-order valence-corrected chi connectivity index (χ2v) is 5.77. The van der Waals surface area contributed by atoms with Gasteiger partial charge in [-0.1, -0.05) is 23.7 Å². The number of carbonyl (C=O) groups is 1. The summed E-state index contributed by atoms with van der Waals surface area (Å²) in [6, 6.07) is 7.08. The lowest BCUT2D eigenvalue weighted by atomic mass is 10.0. The van der Waals surface area contributed by atoms with Gasteiger partial charge in [-0.3, -0.25) is 4.79 Å². The highest BCUT2D eigenvalue weighted by Gasteiger charge is 2.27. The summed E-state index contributed by atoms with van der Waals surface area (Å²) in [5, 5.41) is 12.3. The number of fused-ring (bicyclic) bond motifs is 1. The number of amides is 1. The molecule has 1 N–H and O–H groups in total. The molecule has 1 aliphatic heterocycles. The molecule has 19 heavy (non-hydrogen) atoms. The molecule has 0 saturated heterocycles. The van der Waals surface area contributed by atoms with Crippen LogP contribution in [0.1, 0.15) is 21.7 Å². The average molecular weight is 294 g/mol. The van der Waals surface area contributed by atoms with Crippen molar-refractivity contribution in [1.82, 2.24) is 0 Å². The zero-order chi connectivity index (χ0) is 13.4. The normalized spacial score (nSPS) is 14.3. The number of aromatic hydroxyl groups is 1. The number of aryl methyl sites for hydroxylation is 1. The highest BCUT2D eigenvalue weighted by Crippen LogP contribution is 2.37. The summed E-state index contributed by atoms with van der Waals surface area (Å²) in [6.45, 7) is 0.609. The number of hydrogen-bond donors (Lipinski definition) is 1. The molecule has 3 nitrogen and oxygen atoms in total. The van der Waals surface area contributed by atoms with E-state index in [0.29, 0.717) is 22.1 Å². The maximum Gasteiger partial charge on any atom is 0.269 e. The number of hydrogen-bond acceptors (Lipinski definition) is 3. The van der Waals surface area contributed by atoms with Crippen LogP contribution in [0.3, 0.4) is 0 Å². The van der Waals surface area contributed by atoms with Gasteiger partial charge in [0, 0.05) is 6.54 Å². The third-order valence-electron chi connectivity index (χ3n) is 3.25. The van der Waals surface area contributed by atoms with Gasteiger partial charge in [-0.2, -0.15) is 0 Å². The number of phenolic OH excluding ortho intramolecular Hbond substituents is 1. The molecular weight excluding hydrogens is 282 g/mol. The zero-order valence-corrected chi connectivity index (χ0v) is 11.7. The van der Waals surface area contributed by atoms with E-state index in [1.807, 2.05) is 6.07 Å². The monoisotopic (exact) mass is 293 g/mol. The Hall–Kier alpha value is -1.52. The Morgan fingerprint density at radius 2 is 2.21 bits per heavy atom. The molecule has 3 rings (SSSR count). The fraction of sp³-hybridized carbons (Fsp3) is 0.214. The molecular formula is C14H12ClNO2S. The minimum atomic E-state index is -0.137. The second-order valence-electron chi connectivity index (χ2n) is 4.44. The van der Waals surface area contributed by atoms with Gasteiger partial charge < -0.3 is 10.0 Å². The van der Waals surface area contributed by atoms with E-state index in [-0.39, 0.29) is 11.7 Å². The van der Waals surface area contributed by atoms with E-state index in [2.05, 4.69) is 0 Å². The number of rotatable bonds is 1. The topological polar surface area (TPSA) is 40.5 Å². The van der Waals surface area contributed by atoms with Crippen LogP contribution in [0.25, 0.3) is 0 Å². The van der Waals surface area contributed by atoms with Gasteiger partial charge in [0.2, 0.25) is 0 Å². The predicted molar refractivity (Wildman–Crippen MR) is 77.4 cm³/mol. The molecule has 2 heterocycles. The van der Waals surface area contributed by atoms with Crippen molar-refractivity contribution < 1.29 is 9.90 Å². The van der Waals surface area contributed by atoms with Crippen molar-refractivity contribution in [1.29, 1.82) is 0 Å². The molecule has 5 heteroatoms. The highest BCUT2D eigenvalue weighted by atomic mass is 35.5. The molecule has 0 spiro atoms. The number of phenols is 1. The number of nitrogens with zero attached hydrogens (tertiary/aromatic N) is 1. The molecule has 0 aliphatic carbocycles. The highest BCUT2D eigenvalue weighted by molar-refractivity contribution is 7.12. The Kier molecular flexibility index (Phi) is 3.21. The van der Waals surface area contributed by atoms with E-state index in [4.69, 9.17) is 11.6 Å². The second kappa shape index (κ2) is 4.87. The molecule has 2 aromatic rings. The van der Waals surface area contributed by atoms with Crippen molar-refractivity contribution in [2.75, 3.05) is 11.4 Å². The number of thiophene rings is 1. The van der Waals surface area contributed by atoms with Gasteiger partial charge in [-0.05, 0) is 35.9 Å². The van der Waals surface area contributed by atoms with Gasteiger partial charge in [0.05, 0.1) is 10.7 Å². The molecule has 0 fully saturated rings. The van der Waals surface area contributed by atoms with Crippen molar-refractivity contribution >= 4 is 34.5 Å². The first kappa shape index (κ1) is 12.5. The Morgan fingerprint density at radius 1 is 1.37 bits per heavy atom. The SMILES string of the molecule is O=C(c1sccc1Cl)N1CCCc2cccc(O)c21. The van der Waals surface area contributed by atoms with E-state index in [0.717, 1.165) is 18.4 Å². The summed E-state index contributed by atoms with van der Waals surface area (Å²) in [6.07, 6.45) is 1.77. The lowest BCUT2D eigenvalue weighted by Crippen LogP contribution is -2.35. The molecule has 0 atom stereocenters. The van der Waals surface area contributed by atoms with Crippen LogP contribution in [0.2, 0.25) is 5.02 Å². The van der Waals surface area contributed by atoms with Gasteiger partial charge >= 0.3 is 0 Å². The van der Waals surface area contributed by atoms with Crippen molar-refractivity contribution in [3.05, 3.63) is 45.1 Å². The molecule has 0 unspecified atom stereocenters. The van der Waals surface area contributed by atoms with E-state index < -0.39 is 0 Å². The smallest absolute Gasteiger partial charge is 0.269 e. The molecule has 1 aliphatic rings. The first-order valence-corrected chi connectivity index (χ1v) is 7.30. The number of benzene rings is 1. The first-order valence-electron chi connectivity index (χ1n) is 6.04. The standard InChI is InChI=1S/C14H12ClNO2S/c15-10-6-8-19-13(10)14(18)16-7-2-4-9-3-1-5-11(17)12(9)16/h1,3,5-6,8,17H,2,4,7H2. The molecule has 0 bridgehead atoms. The molecule has 0 radical (unpaired) electrons. The summed E-state index contributed by atoms with van der Waals surface area (Å²) in [5.74, 6) is 0.0145. The summed E-state index contributed by atoms with van der Waals surface area (Å²) >= 11 is 7.35. The van der Waals surface area contributed by atoms with E-state index >= 15 is 0 Å². The van der Waals surface area contributed by atoms with E-state index in [1.165, 1.54) is 11.3 Å². The predicted octanol–water partition coefficient (Wildman–Crippen LogP) is 3.70. The maximum atomic E-state index is 12.5. The summed E-state index contributed by atoms with van der Waals surface area (Å²) in [4.78, 5) is 14.7. The summed E-state index contributed by atoms with van der Waals surface area (Å²) in [7, 11) is 0. The quantitative estimate of drug-likeness (QED) is 0.871. The fourth-order valence-electron chi connectivity index (χ4n) is 2.40. The minimum Gasteiger partial charge on any atom is -0.506 e. The number of halogens is 1. The Morgan fingerprint density at radius 3 is 2.95 bits per heavy atom. The molecule has 98 valence electrons. The molecule has 1 amide bonds. The first-order chi connectivity index (χ1) is 9.18. The number of carbonyl (C=O) groups excluding carboxylic acids is 1. The van der Waals surface area contributed by atoms with Gasteiger partial charge in [-0.25, -0.2) is 0 Å². The Labute approximate surface area is 120 Å². The summed E-state index contributed by atoms with van der Waals surface area (Å²) in [5.41, 5.74) is 1.63. The number of anilines is 1. The zero-order valence-electron chi connectivity index (χ0n) is 10.1. The van der Waals surface area contributed by atoms with E-state index in [9.17, 15) is 9.90 Å². The lowest BCUT2D eigenvalue weighted by Gasteiger charge is -2.29. The van der Waals surface area contributed by atoms with Crippen LogP contribution < -0.4 is 4.90 Å². The number of para-hydroxylation sites is 1. The van der Waals surface area contributed by atoms with Crippen LogP contribution in [0, 0.1) is 0 Å². The van der Waals surface area contributed by atoms with Crippen LogP contribution in [0.5, 0.6) is 5.75 Å². The van der Waals surface area contributed by atoms with Gasteiger partial charge in [0.15, 0.2) is 0 Å². The van der Waals surface area contributed by atoms with Crippen molar-refractivity contribution in [2.45, 2.75) is 12.8 Å². The Bertz CT molecular complexity index is 638. The Balaban J connectivity index is 2.05. The van der Waals surface area contributed by atoms with E-state index in [1.54, 1.807) is 28.5 Å². The molecule has 1 aromatic carbocycles. The van der Waals surface area contributed by atoms with Gasteiger partial charge in [-0.15, -0.1) is 11.3 Å². The van der Waals surface area contributed by atoms with Crippen LogP contribution in [-0.2, 0) is 6.42 Å². The van der Waals surface area contributed by atoms with Gasteiger partial charge in [0.25, 0.3) is 5.91 Å². The van der Waals surface area contributed by atoms with Crippen molar-refractivity contribution in [3.8, 4) is 5.75 Å². The maximum absolute atomic E-state index is 12.5. The van der Waals surface area contributed by atoms with Crippen LogP contribution >= 0.6 is 22.9 Å². The fourth-order valence-corrected chi connectivity index (χ4v) is 3.49. The minimum absolute atomic E-state index is 0.137. The lowest BCUT2D eigenvalue weighted by molar-refractivity contribution is 0.0988. The summed E-state index contributed by atoms with van der Waals surface area (Å²) < 4.78 is 0. The van der Waals surface area contributed by atoms with Gasteiger partial charge in [0.1, 0.15) is 10.6 Å². The van der Waals surface area contributed by atoms with Crippen molar-refractivity contribution in [3.63, 3.8) is 0 Å². The molecule has 0 saturated carbocycles. The van der Waals surface area contributed by atoms with Crippen LogP contribution in [0.15, 0.2) is 29.6 Å². The third-order valence-corrected chi connectivity index (χ3v) is 4.58. The average Bonchev–Trinajstić information content (AvgIpc) is 2.84. The third kappa shape index (κ3) is 2.11. The van der Waals surface area contributed by atoms with Crippen LogP contribution in [0.4, 0.5) is 5.69 Å². The molecule has 1 aromatic heterocycles. The largest absolute Gasteiger partial charge is 0.506 e.